The summed E-state index contributed by atoms with van der Waals surface area (Å²) in [6, 6.07) is 0. The molecule has 0 saturated heterocycles. The van der Waals surface area contributed by atoms with Gasteiger partial charge in [0.05, 0.1) is 30.7 Å². The molecule has 194 valence electrons. The van der Waals surface area contributed by atoms with E-state index in [9.17, 15) is 28.2 Å². The normalized spacial score (nSPS) is 29.5. The number of carbonyl (C=O) groups excluding carboxylic acids is 1. The molecule has 0 unspecified atom stereocenters. The fourth-order valence-electron chi connectivity index (χ4n) is 4.75. The molecule has 0 radical (unpaired) electrons. The molecule has 0 aromatic heterocycles. The van der Waals surface area contributed by atoms with Gasteiger partial charge in [0, 0.05) is 18.8 Å². The van der Waals surface area contributed by atoms with Crippen molar-refractivity contribution in [3.8, 4) is 0 Å². The number of ether oxygens (including phenoxy) is 1. The highest BCUT2D eigenvalue weighted by Crippen LogP contribution is 2.44. The van der Waals surface area contributed by atoms with Crippen LogP contribution in [0.25, 0.3) is 0 Å². The molecular formula is C23H36O10S. The van der Waals surface area contributed by atoms with E-state index in [0.717, 1.165) is 5.57 Å². The minimum Gasteiger partial charge on any atom is -0.481 e. The predicted octanol–water partition coefficient (Wildman–Crippen LogP) is 2.27. The molecule has 0 amide bonds. The van der Waals surface area contributed by atoms with Crippen LogP contribution in [0.2, 0.25) is 0 Å². The van der Waals surface area contributed by atoms with Crippen molar-refractivity contribution in [3.63, 3.8) is 0 Å². The number of carboxylic acid groups (broad SMARTS) is 1. The lowest BCUT2D eigenvalue weighted by molar-refractivity contribution is -0.159. The quantitative estimate of drug-likeness (QED) is 0.228. The van der Waals surface area contributed by atoms with E-state index in [2.05, 4.69) is 4.18 Å². The van der Waals surface area contributed by atoms with Gasteiger partial charge in [-0.15, -0.1) is 0 Å². The molecule has 11 heteroatoms. The molecular weight excluding hydrogens is 468 g/mol. The molecule has 0 fully saturated rings. The number of allylic oxidation sites excluding steroid dienone is 2. The number of aliphatic hydroxyl groups excluding tert-OH is 2. The van der Waals surface area contributed by atoms with Crippen LogP contribution in [-0.4, -0.2) is 64.6 Å². The Morgan fingerprint density at radius 2 is 1.97 bits per heavy atom. The average molecular weight is 505 g/mol. The summed E-state index contributed by atoms with van der Waals surface area (Å²) in [5.41, 5.74) is 0.872. The first-order valence-corrected chi connectivity index (χ1v) is 13.0. The molecule has 10 nitrogen and oxygen atoms in total. The highest BCUT2D eigenvalue weighted by atomic mass is 32.3. The smallest absolute Gasteiger partial charge is 0.397 e. The number of aliphatic hydroxyl groups is 2. The van der Waals surface area contributed by atoms with Crippen molar-refractivity contribution < 1.29 is 46.8 Å². The Hall–Kier alpha value is -1.79. The molecule has 2 aliphatic carbocycles. The highest BCUT2D eigenvalue weighted by Gasteiger charge is 2.42. The fourth-order valence-corrected chi connectivity index (χ4v) is 5.24. The Labute approximate surface area is 200 Å². The summed E-state index contributed by atoms with van der Waals surface area (Å²) in [6.07, 6.45) is 2.57. The van der Waals surface area contributed by atoms with Crippen molar-refractivity contribution in [2.75, 3.05) is 0 Å². The number of rotatable bonds is 12. The van der Waals surface area contributed by atoms with Crippen molar-refractivity contribution in [2.24, 2.45) is 23.7 Å². The van der Waals surface area contributed by atoms with Crippen LogP contribution in [-0.2, 0) is 28.9 Å². The number of carbonyl (C=O) groups is 2. The molecule has 0 aromatic carbocycles. The van der Waals surface area contributed by atoms with Gasteiger partial charge in [0.2, 0.25) is 0 Å². The minimum absolute atomic E-state index is 0.0338. The molecule has 0 saturated carbocycles. The lowest BCUT2D eigenvalue weighted by atomic mass is 9.66. The van der Waals surface area contributed by atoms with Gasteiger partial charge in [-0.05, 0) is 36.7 Å². The number of fused-ring (bicyclic) bond motifs is 1. The maximum atomic E-state index is 12.5. The van der Waals surface area contributed by atoms with Gasteiger partial charge in [-0.25, -0.2) is 4.18 Å². The van der Waals surface area contributed by atoms with E-state index in [-0.39, 0.29) is 48.9 Å². The SMILES string of the molecule is CC[C@H](C)C(=O)O[C@H]1C[C@H](O)C=C2C=C[C@H](C)[C@H](CC[C@@H](O)C[C@H](CC(=O)O)OS(=O)(=O)O)[C@H]21. The number of hydrogen-bond acceptors (Lipinski definition) is 8. The Bertz CT molecular complexity index is 880. The van der Waals surface area contributed by atoms with E-state index in [4.69, 9.17) is 14.4 Å². The summed E-state index contributed by atoms with van der Waals surface area (Å²) < 4.78 is 41.1. The van der Waals surface area contributed by atoms with E-state index in [1.807, 2.05) is 26.0 Å². The van der Waals surface area contributed by atoms with Crippen LogP contribution in [0.5, 0.6) is 0 Å². The molecule has 2 rings (SSSR count). The number of hydrogen-bond donors (Lipinski definition) is 4. The van der Waals surface area contributed by atoms with E-state index in [1.54, 1.807) is 13.0 Å². The summed E-state index contributed by atoms with van der Waals surface area (Å²) in [5.74, 6) is -2.04. The molecule has 0 spiro atoms. The standard InChI is InChI=1S/C23H36O10S/c1-4-13(2)23(28)32-20-11-17(25)9-15-6-5-14(3)19(22(15)20)8-7-16(24)10-18(12-21(26)27)33-34(29,30)31/h5-6,9,13-14,16-20,22,24-25H,4,7-8,10-12H2,1-3H3,(H,26,27)(H,29,30,31)/t13-,14-,16+,17+,18+,19-,20-,22-/m0/s1. The first kappa shape index (κ1) is 28.4. The number of carboxylic acids is 1. The van der Waals surface area contributed by atoms with Gasteiger partial charge in [-0.3, -0.25) is 14.1 Å². The van der Waals surface area contributed by atoms with Crippen molar-refractivity contribution in [1.82, 2.24) is 0 Å². The molecule has 34 heavy (non-hydrogen) atoms. The van der Waals surface area contributed by atoms with Crippen LogP contribution in [0, 0.1) is 23.7 Å². The lowest BCUT2D eigenvalue weighted by Gasteiger charge is -2.43. The Morgan fingerprint density at radius 3 is 2.56 bits per heavy atom. The second kappa shape index (κ2) is 12.3. The zero-order valence-electron chi connectivity index (χ0n) is 19.7. The second-order valence-electron chi connectivity index (χ2n) is 9.37. The topological polar surface area (TPSA) is 168 Å². The van der Waals surface area contributed by atoms with Gasteiger partial charge in [-0.1, -0.05) is 39.0 Å². The van der Waals surface area contributed by atoms with Crippen molar-refractivity contribution in [1.29, 1.82) is 0 Å². The Morgan fingerprint density at radius 1 is 1.29 bits per heavy atom. The molecule has 0 aromatic rings. The molecule has 0 aliphatic heterocycles. The third-order valence-electron chi connectivity index (χ3n) is 6.68. The molecule has 0 bridgehead atoms. The van der Waals surface area contributed by atoms with E-state index in [1.165, 1.54) is 0 Å². The van der Waals surface area contributed by atoms with Crippen LogP contribution in [0.1, 0.15) is 59.3 Å². The van der Waals surface area contributed by atoms with Gasteiger partial charge in [0.1, 0.15) is 6.10 Å². The monoisotopic (exact) mass is 504 g/mol. The number of aliphatic carboxylic acids is 1. The van der Waals surface area contributed by atoms with E-state index in [0.29, 0.717) is 12.8 Å². The average Bonchev–Trinajstić information content (AvgIpc) is 2.70. The van der Waals surface area contributed by atoms with Gasteiger partial charge in [-0.2, -0.15) is 8.42 Å². The molecule has 4 N–H and O–H groups in total. The van der Waals surface area contributed by atoms with Crippen LogP contribution in [0.3, 0.4) is 0 Å². The molecule has 8 atom stereocenters. The van der Waals surface area contributed by atoms with Crippen molar-refractivity contribution in [2.45, 2.75) is 83.7 Å². The van der Waals surface area contributed by atoms with Crippen LogP contribution >= 0.6 is 0 Å². The summed E-state index contributed by atoms with van der Waals surface area (Å²) in [5, 5.41) is 29.7. The van der Waals surface area contributed by atoms with Crippen molar-refractivity contribution >= 4 is 22.3 Å². The van der Waals surface area contributed by atoms with E-state index < -0.39 is 47.2 Å². The van der Waals surface area contributed by atoms with Crippen LogP contribution in [0.4, 0.5) is 0 Å². The number of esters is 1. The first-order chi connectivity index (χ1) is 15.8. The predicted molar refractivity (Wildman–Crippen MR) is 122 cm³/mol. The first-order valence-electron chi connectivity index (χ1n) is 11.6. The highest BCUT2D eigenvalue weighted by molar-refractivity contribution is 7.80. The van der Waals surface area contributed by atoms with Gasteiger partial charge < -0.3 is 20.1 Å². The molecule has 0 heterocycles. The van der Waals surface area contributed by atoms with E-state index >= 15 is 0 Å². The minimum atomic E-state index is -4.87. The Balaban J connectivity index is 2.12. The lowest BCUT2D eigenvalue weighted by Crippen LogP contribution is -2.43. The maximum Gasteiger partial charge on any atom is 0.397 e. The van der Waals surface area contributed by atoms with Gasteiger partial charge >= 0.3 is 22.3 Å². The third-order valence-corrected chi connectivity index (χ3v) is 7.20. The maximum absolute atomic E-state index is 12.5. The fraction of sp³-hybridized carbons (Fsp3) is 0.739. The van der Waals surface area contributed by atoms with Gasteiger partial charge in [0.25, 0.3) is 0 Å². The zero-order chi connectivity index (χ0) is 25.6. The second-order valence-corrected chi connectivity index (χ2v) is 10.4. The Kier molecular flexibility index (Phi) is 10.3. The zero-order valence-corrected chi connectivity index (χ0v) is 20.6. The summed E-state index contributed by atoms with van der Waals surface area (Å²) >= 11 is 0. The summed E-state index contributed by atoms with van der Waals surface area (Å²) in [4.78, 5) is 23.5. The summed E-state index contributed by atoms with van der Waals surface area (Å²) in [7, 11) is -4.87. The van der Waals surface area contributed by atoms with Crippen LogP contribution < -0.4 is 0 Å². The van der Waals surface area contributed by atoms with Crippen LogP contribution in [0.15, 0.2) is 23.8 Å². The van der Waals surface area contributed by atoms with Crippen molar-refractivity contribution in [3.05, 3.63) is 23.8 Å². The third kappa shape index (κ3) is 8.46. The largest absolute Gasteiger partial charge is 0.481 e. The summed E-state index contributed by atoms with van der Waals surface area (Å²) in [6.45, 7) is 5.70. The molecule has 2 aliphatic rings. The van der Waals surface area contributed by atoms with Gasteiger partial charge in [0.15, 0.2) is 0 Å².